The first-order chi connectivity index (χ1) is 20.8. The van der Waals surface area contributed by atoms with Crippen LogP contribution in [0.15, 0.2) is 0 Å². The molecule has 0 aromatic carbocycles. The van der Waals surface area contributed by atoms with Crippen molar-refractivity contribution in [2.45, 2.75) is 265 Å². The van der Waals surface area contributed by atoms with Crippen molar-refractivity contribution < 1.29 is 0 Å². The summed E-state index contributed by atoms with van der Waals surface area (Å²) < 4.78 is 0. The van der Waals surface area contributed by atoms with Gasteiger partial charge in [-0.1, -0.05) is 265 Å². The second-order valence-electron chi connectivity index (χ2n) is 14.5. The van der Waals surface area contributed by atoms with Gasteiger partial charge in [0.25, 0.3) is 0 Å². The topological polar surface area (TPSA) is 0 Å². The van der Waals surface area contributed by atoms with Gasteiger partial charge in [-0.15, -0.1) is 0 Å². The number of hydrogen-bond acceptors (Lipinski definition) is 0. The van der Waals surface area contributed by atoms with E-state index < -0.39 is 0 Å². The fraction of sp³-hybridized carbons (Fsp3) is 1.00. The molecule has 254 valence electrons. The fourth-order valence-corrected chi connectivity index (χ4v) is 7.05. The molecule has 0 nitrogen and oxygen atoms in total. The van der Waals surface area contributed by atoms with Crippen LogP contribution < -0.4 is 0 Å². The zero-order valence-corrected chi connectivity index (χ0v) is 30.4. The molecule has 0 aliphatic rings. The van der Waals surface area contributed by atoms with Crippen molar-refractivity contribution in [1.29, 1.82) is 0 Å². The predicted molar refractivity (Wildman–Crippen MR) is 196 cm³/mol. The van der Waals surface area contributed by atoms with Crippen LogP contribution in [0.1, 0.15) is 265 Å². The Hall–Kier alpha value is 0. The molecule has 0 aromatic rings. The van der Waals surface area contributed by atoms with Gasteiger partial charge in [-0.05, 0) is 5.92 Å². The summed E-state index contributed by atoms with van der Waals surface area (Å²) in [5, 5.41) is 0. The van der Waals surface area contributed by atoms with E-state index in [9.17, 15) is 0 Å². The Bertz CT molecular complexity index is 439. The van der Waals surface area contributed by atoms with Crippen LogP contribution in [0.2, 0.25) is 0 Å². The van der Waals surface area contributed by atoms with Crippen LogP contribution in [-0.2, 0) is 0 Å². The minimum absolute atomic E-state index is 1.02. The van der Waals surface area contributed by atoms with E-state index in [1.807, 2.05) is 0 Å². The lowest BCUT2D eigenvalue weighted by Crippen LogP contribution is -1.99. The molecule has 0 saturated heterocycles. The van der Waals surface area contributed by atoms with Gasteiger partial charge in [-0.3, -0.25) is 0 Å². The molecule has 0 amide bonds. The molecule has 0 saturated carbocycles. The van der Waals surface area contributed by atoms with Gasteiger partial charge in [0.1, 0.15) is 0 Å². The Kier molecular flexibility index (Phi) is 39.0. The first kappa shape index (κ1) is 42.0. The summed E-state index contributed by atoms with van der Waals surface area (Å²) >= 11 is 0. The first-order valence-electron chi connectivity index (χ1n) is 20.8. The molecule has 0 aromatic heterocycles. The first-order valence-corrected chi connectivity index (χ1v) is 20.8. The largest absolute Gasteiger partial charge is 0.0654 e. The molecule has 1 atom stereocenters. The fourth-order valence-electron chi connectivity index (χ4n) is 7.05. The lowest BCUT2D eigenvalue weighted by molar-refractivity contribution is 0.392. The molecule has 0 aliphatic heterocycles. The molecule has 0 rings (SSSR count). The standard InChI is InChI=1S/C42H86/c1-4-7-9-11-13-15-17-19-21-23-24-25-27-29-31-33-35-37-39-41-42(6-3)40-38-36-34-32-30-28-26-22-20-18-16-14-12-10-8-5-2/h42H,4-41H2,1-3H3. The molecule has 0 N–H and O–H groups in total. The third-order valence-electron chi connectivity index (χ3n) is 10.3. The monoisotopic (exact) mass is 591 g/mol. The van der Waals surface area contributed by atoms with Gasteiger partial charge in [0.15, 0.2) is 0 Å². The van der Waals surface area contributed by atoms with Gasteiger partial charge in [-0.2, -0.15) is 0 Å². The van der Waals surface area contributed by atoms with Gasteiger partial charge in [0.2, 0.25) is 0 Å². The predicted octanol–water partition coefficient (Wildman–Crippen LogP) is 16.5. The third-order valence-corrected chi connectivity index (χ3v) is 10.3. The Balaban J connectivity index is 3.24. The highest BCUT2D eigenvalue weighted by Gasteiger charge is 2.06. The molecule has 0 fully saturated rings. The van der Waals surface area contributed by atoms with E-state index in [0.717, 1.165) is 5.92 Å². The number of hydrogen-bond donors (Lipinski definition) is 0. The molecule has 0 radical (unpaired) electrons. The van der Waals surface area contributed by atoms with Gasteiger partial charge >= 0.3 is 0 Å². The molecule has 0 aliphatic carbocycles. The summed E-state index contributed by atoms with van der Waals surface area (Å²) in [5.41, 5.74) is 0. The van der Waals surface area contributed by atoms with Crippen molar-refractivity contribution in [3.8, 4) is 0 Å². The van der Waals surface area contributed by atoms with Crippen molar-refractivity contribution in [2.24, 2.45) is 5.92 Å². The summed E-state index contributed by atoms with van der Waals surface area (Å²) in [7, 11) is 0. The summed E-state index contributed by atoms with van der Waals surface area (Å²) in [6.45, 7) is 7.06. The van der Waals surface area contributed by atoms with Crippen molar-refractivity contribution in [3.05, 3.63) is 0 Å². The summed E-state index contributed by atoms with van der Waals surface area (Å²) in [5.74, 6) is 1.02. The minimum Gasteiger partial charge on any atom is -0.0654 e. The van der Waals surface area contributed by atoms with Crippen molar-refractivity contribution in [1.82, 2.24) is 0 Å². The van der Waals surface area contributed by atoms with Crippen LogP contribution >= 0.6 is 0 Å². The van der Waals surface area contributed by atoms with Crippen LogP contribution in [0, 0.1) is 5.92 Å². The Morgan fingerprint density at radius 1 is 0.214 bits per heavy atom. The Labute approximate surface area is 270 Å². The quantitative estimate of drug-likeness (QED) is 0.0627. The Morgan fingerprint density at radius 3 is 0.548 bits per heavy atom. The SMILES string of the molecule is CCCCCCCCCCCCCCCCCCCCCC(CC)CCCCCCCCCCCCCCCCCC. The van der Waals surface area contributed by atoms with Crippen LogP contribution in [0.4, 0.5) is 0 Å². The van der Waals surface area contributed by atoms with Crippen LogP contribution in [0.3, 0.4) is 0 Å². The molecule has 42 heavy (non-hydrogen) atoms. The zero-order valence-electron chi connectivity index (χ0n) is 30.4. The van der Waals surface area contributed by atoms with Gasteiger partial charge < -0.3 is 0 Å². The average Bonchev–Trinajstić information content (AvgIpc) is 3.00. The maximum atomic E-state index is 2.44. The minimum atomic E-state index is 1.02. The van der Waals surface area contributed by atoms with E-state index in [2.05, 4.69) is 20.8 Å². The van der Waals surface area contributed by atoms with E-state index in [1.54, 1.807) is 0 Å². The third kappa shape index (κ3) is 36.2. The molecule has 0 spiro atoms. The highest BCUT2D eigenvalue weighted by molar-refractivity contribution is 4.60. The van der Waals surface area contributed by atoms with Gasteiger partial charge in [0.05, 0.1) is 0 Å². The van der Waals surface area contributed by atoms with E-state index in [1.165, 1.54) is 244 Å². The van der Waals surface area contributed by atoms with Crippen LogP contribution in [0.25, 0.3) is 0 Å². The maximum Gasteiger partial charge on any atom is -0.0417 e. The molecule has 0 heteroatoms. The van der Waals surface area contributed by atoms with E-state index in [0.29, 0.717) is 0 Å². The molecule has 0 bridgehead atoms. The van der Waals surface area contributed by atoms with Crippen LogP contribution in [0.5, 0.6) is 0 Å². The van der Waals surface area contributed by atoms with Crippen LogP contribution in [-0.4, -0.2) is 0 Å². The Morgan fingerprint density at radius 2 is 0.381 bits per heavy atom. The number of unbranched alkanes of at least 4 members (excludes halogenated alkanes) is 33. The number of rotatable bonds is 38. The lowest BCUT2D eigenvalue weighted by Gasteiger charge is -2.14. The zero-order chi connectivity index (χ0) is 30.4. The normalized spacial score (nSPS) is 12.4. The molecular weight excluding hydrogens is 504 g/mol. The highest BCUT2D eigenvalue weighted by atomic mass is 14.1. The molecular formula is C42H86. The van der Waals surface area contributed by atoms with Gasteiger partial charge in [0, 0.05) is 0 Å². The van der Waals surface area contributed by atoms with E-state index in [4.69, 9.17) is 0 Å². The molecule has 1 unspecified atom stereocenters. The molecule has 0 heterocycles. The van der Waals surface area contributed by atoms with E-state index >= 15 is 0 Å². The van der Waals surface area contributed by atoms with E-state index in [-0.39, 0.29) is 0 Å². The van der Waals surface area contributed by atoms with Gasteiger partial charge in [-0.25, -0.2) is 0 Å². The van der Waals surface area contributed by atoms with Crippen molar-refractivity contribution in [2.75, 3.05) is 0 Å². The highest BCUT2D eigenvalue weighted by Crippen LogP contribution is 2.22. The smallest absolute Gasteiger partial charge is 0.0417 e. The summed E-state index contributed by atoms with van der Waals surface area (Å²) in [4.78, 5) is 0. The second kappa shape index (κ2) is 39.0. The maximum absolute atomic E-state index is 2.44. The van der Waals surface area contributed by atoms with Crippen molar-refractivity contribution >= 4 is 0 Å². The van der Waals surface area contributed by atoms with Crippen molar-refractivity contribution in [3.63, 3.8) is 0 Å². The summed E-state index contributed by atoms with van der Waals surface area (Å²) in [6, 6.07) is 0. The summed E-state index contributed by atoms with van der Waals surface area (Å²) in [6.07, 6.45) is 56.3. The average molecular weight is 591 g/mol. The second-order valence-corrected chi connectivity index (χ2v) is 14.5. The lowest BCUT2D eigenvalue weighted by atomic mass is 9.92.